The van der Waals surface area contributed by atoms with Crippen LogP contribution in [0.3, 0.4) is 0 Å². The lowest BCUT2D eigenvalue weighted by Gasteiger charge is -2.29. The number of hydrogen-bond donors (Lipinski definition) is 2. The third-order valence-electron chi connectivity index (χ3n) is 3.95. The first kappa shape index (κ1) is 13.6. The second kappa shape index (κ2) is 4.67. The lowest BCUT2D eigenvalue weighted by Crippen LogP contribution is -2.38. The molecule has 100 valence electrons. The van der Waals surface area contributed by atoms with E-state index in [-0.39, 0.29) is 5.41 Å². The first-order valence-corrected chi connectivity index (χ1v) is 6.86. The van der Waals surface area contributed by atoms with Crippen LogP contribution in [-0.2, 0) is 11.0 Å². The van der Waals surface area contributed by atoms with E-state index in [0.717, 1.165) is 18.4 Å². The molecular formula is C16H25NO. The van der Waals surface area contributed by atoms with Crippen LogP contribution in [-0.4, -0.2) is 18.7 Å². The van der Waals surface area contributed by atoms with Crippen molar-refractivity contribution in [1.82, 2.24) is 5.32 Å². The van der Waals surface area contributed by atoms with E-state index in [1.807, 2.05) is 7.05 Å². The van der Waals surface area contributed by atoms with Gasteiger partial charge in [-0.15, -0.1) is 0 Å². The Morgan fingerprint density at radius 3 is 2.00 bits per heavy atom. The Morgan fingerprint density at radius 2 is 1.61 bits per heavy atom. The summed E-state index contributed by atoms with van der Waals surface area (Å²) < 4.78 is 0. The zero-order chi connectivity index (χ0) is 13.4. The summed E-state index contributed by atoms with van der Waals surface area (Å²) in [4.78, 5) is 0. The lowest BCUT2D eigenvalue weighted by atomic mass is 9.83. The molecule has 1 aromatic carbocycles. The zero-order valence-corrected chi connectivity index (χ0v) is 12.0. The topological polar surface area (TPSA) is 32.3 Å². The molecule has 0 spiro atoms. The molecular weight excluding hydrogens is 222 g/mol. The maximum absolute atomic E-state index is 10.9. The SMILES string of the molecule is CNCC(O)(c1ccc(C(C)(C)C)cc1)C1CC1. The molecule has 18 heavy (non-hydrogen) atoms. The van der Waals surface area contributed by atoms with Crippen molar-refractivity contribution >= 4 is 0 Å². The van der Waals surface area contributed by atoms with Gasteiger partial charge in [-0.05, 0) is 42.3 Å². The van der Waals surface area contributed by atoms with Gasteiger partial charge in [0.05, 0.1) is 0 Å². The average molecular weight is 247 g/mol. The standard InChI is InChI=1S/C16H25NO/c1-15(2,3)12-5-7-13(8-6-12)16(18,11-17-4)14-9-10-14/h5-8,14,17-18H,9-11H2,1-4H3. The van der Waals surface area contributed by atoms with Crippen molar-refractivity contribution in [1.29, 1.82) is 0 Å². The summed E-state index contributed by atoms with van der Waals surface area (Å²) >= 11 is 0. The molecule has 1 unspecified atom stereocenters. The minimum absolute atomic E-state index is 0.166. The van der Waals surface area contributed by atoms with Gasteiger partial charge in [-0.25, -0.2) is 0 Å². The van der Waals surface area contributed by atoms with Crippen LogP contribution in [0.4, 0.5) is 0 Å². The molecule has 2 nitrogen and oxygen atoms in total. The van der Waals surface area contributed by atoms with Crippen molar-refractivity contribution < 1.29 is 5.11 Å². The Morgan fingerprint density at radius 1 is 1.11 bits per heavy atom. The van der Waals surface area contributed by atoms with E-state index in [1.165, 1.54) is 5.56 Å². The van der Waals surface area contributed by atoms with Gasteiger partial charge in [-0.3, -0.25) is 0 Å². The van der Waals surface area contributed by atoms with Crippen LogP contribution >= 0.6 is 0 Å². The predicted molar refractivity (Wildman–Crippen MR) is 75.7 cm³/mol. The number of likely N-dealkylation sites (N-methyl/N-ethyl adjacent to an activating group) is 1. The van der Waals surface area contributed by atoms with Gasteiger partial charge in [0, 0.05) is 6.54 Å². The van der Waals surface area contributed by atoms with Gasteiger partial charge in [0.15, 0.2) is 0 Å². The molecule has 1 atom stereocenters. The first-order valence-electron chi connectivity index (χ1n) is 6.86. The normalized spacial score (nSPS) is 19.6. The van der Waals surface area contributed by atoms with Crippen molar-refractivity contribution in [3.05, 3.63) is 35.4 Å². The molecule has 0 heterocycles. The minimum atomic E-state index is -0.689. The van der Waals surface area contributed by atoms with Crippen molar-refractivity contribution in [2.45, 2.75) is 44.6 Å². The van der Waals surface area contributed by atoms with E-state index >= 15 is 0 Å². The summed E-state index contributed by atoms with van der Waals surface area (Å²) in [5.74, 6) is 0.422. The Labute approximate surface area is 110 Å². The number of benzene rings is 1. The average Bonchev–Trinajstić information content (AvgIpc) is 3.12. The van der Waals surface area contributed by atoms with Crippen LogP contribution in [0.5, 0.6) is 0 Å². The molecule has 1 aromatic rings. The fraction of sp³-hybridized carbons (Fsp3) is 0.625. The molecule has 1 aliphatic carbocycles. The molecule has 0 aliphatic heterocycles. The molecule has 1 aliphatic rings. The van der Waals surface area contributed by atoms with Gasteiger partial charge in [0.25, 0.3) is 0 Å². The highest BCUT2D eigenvalue weighted by Crippen LogP contribution is 2.45. The molecule has 2 rings (SSSR count). The fourth-order valence-electron chi connectivity index (χ4n) is 2.57. The number of aliphatic hydroxyl groups is 1. The van der Waals surface area contributed by atoms with Crippen LogP contribution in [0.25, 0.3) is 0 Å². The second-order valence-electron chi connectivity index (χ2n) is 6.56. The van der Waals surface area contributed by atoms with Gasteiger partial charge in [0.1, 0.15) is 5.60 Å². The summed E-state index contributed by atoms with van der Waals surface area (Å²) in [6.07, 6.45) is 2.28. The largest absolute Gasteiger partial charge is 0.384 e. The van der Waals surface area contributed by atoms with Crippen molar-refractivity contribution in [2.24, 2.45) is 5.92 Å². The van der Waals surface area contributed by atoms with Gasteiger partial charge < -0.3 is 10.4 Å². The second-order valence-corrected chi connectivity index (χ2v) is 6.56. The van der Waals surface area contributed by atoms with Crippen LogP contribution in [0.15, 0.2) is 24.3 Å². The molecule has 0 bridgehead atoms. The predicted octanol–water partition coefficient (Wildman–Crippen LogP) is 2.80. The fourth-order valence-corrected chi connectivity index (χ4v) is 2.57. The maximum atomic E-state index is 10.9. The maximum Gasteiger partial charge on any atom is 0.105 e. The Balaban J connectivity index is 2.27. The summed E-state index contributed by atoms with van der Waals surface area (Å²) in [6.45, 7) is 7.26. The molecule has 1 fully saturated rings. The molecule has 0 saturated heterocycles. The van der Waals surface area contributed by atoms with Crippen LogP contribution in [0.1, 0.15) is 44.7 Å². The molecule has 0 radical (unpaired) electrons. The van der Waals surface area contributed by atoms with Crippen LogP contribution in [0.2, 0.25) is 0 Å². The van der Waals surface area contributed by atoms with E-state index in [0.29, 0.717) is 12.5 Å². The monoisotopic (exact) mass is 247 g/mol. The molecule has 2 N–H and O–H groups in total. The van der Waals surface area contributed by atoms with Crippen LogP contribution in [0, 0.1) is 5.92 Å². The van der Waals surface area contributed by atoms with E-state index in [2.05, 4.69) is 50.4 Å². The van der Waals surface area contributed by atoms with E-state index in [4.69, 9.17) is 0 Å². The third-order valence-corrected chi connectivity index (χ3v) is 3.95. The minimum Gasteiger partial charge on any atom is -0.384 e. The number of rotatable bonds is 4. The quantitative estimate of drug-likeness (QED) is 0.857. The molecule has 1 saturated carbocycles. The Hall–Kier alpha value is -0.860. The van der Waals surface area contributed by atoms with E-state index in [1.54, 1.807) is 0 Å². The highest BCUT2D eigenvalue weighted by molar-refractivity contribution is 5.32. The molecule has 2 heteroatoms. The number of hydrogen-bond acceptors (Lipinski definition) is 2. The van der Waals surface area contributed by atoms with Crippen molar-refractivity contribution in [3.63, 3.8) is 0 Å². The lowest BCUT2D eigenvalue weighted by molar-refractivity contribution is 0.0153. The van der Waals surface area contributed by atoms with E-state index < -0.39 is 5.60 Å². The zero-order valence-electron chi connectivity index (χ0n) is 12.0. The van der Waals surface area contributed by atoms with Crippen molar-refractivity contribution in [2.75, 3.05) is 13.6 Å². The summed E-state index contributed by atoms with van der Waals surface area (Å²) in [5.41, 5.74) is 1.84. The Kier molecular flexibility index (Phi) is 3.52. The number of nitrogens with one attached hydrogen (secondary N) is 1. The highest BCUT2D eigenvalue weighted by Gasteiger charge is 2.44. The highest BCUT2D eigenvalue weighted by atomic mass is 16.3. The van der Waals surface area contributed by atoms with Gasteiger partial charge in [-0.2, -0.15) is 0 Å². The van der Waals surface area contributed by atoms with Crippen molar-refractivity contribution in [3.8, 4) is 0 Å². The Bertz CT molecular complexity index is 400. The van der Waals surface area contributed by atoms with Gasteiger partial charge in [0.2, 0.25) is 0 Å². The van der Waals surface area contributed by atoms with Crippen LogP contribution < -0.4 is 5.32 Å². The van der Waals surface area contributed by atoms with E-state index in [9.17, 15) is 5.11 Å². The summed E-state index contributed by atoms with van der Waals surface area (Å²) in [5, 5.41) is 14.0. The summed E-state index contributed by atoms with van der Waals surface area (Å²) in [6, 6.07) is 8.49. The summed E-state index contributed by atoms with van der Waals surface area (Å²) in [7, 11) is 1.90. The molecule has 0 amide bonds. The first-order chi connectivity index (χ1) is 8.38. The van der Waals surface area contributed by atoms with Gasteiger partial charge in [-0.1, -0.05) is 45.0 Å². The molecule has 0 aromatic heterocycles. The smallest absolute Gasteiger partial charge is 0.105 e. The third kappa shape index (κ3) is 2.60. The van der Waals surface area contributed by atoms with Gasteiger partial charge >= 0.3 is 0 Å².